The van der Waals surface area contributed by atoms with Gasteiger partial charge in [0.2, 0.25) is 0 Å². The zero-order chi connectivity index (χ0) is 14.0. The number of halogens is 2. The number of pyridine rings is 1. The van der Waals surface area contributed by atoms with Crippen molar-refractivity contribution in [3.63, 3.8) is 0 Å². The molecule has 0 bridgehead atoms. The number of rotatable bonds is 2. The van der Waals surface area contributed by atoms with E-state index < -0.39 is 0 Å². The Morgan fingerprint density at radius 1 is 1.26 bits per heavy atom. The van der Waals surface area contributed by atoms with Crippen LogP contribution in [0.5, 0.6) is 0 Å². The summed E-state index contributed by atoms with van der Waals surface area (Å²) in [5.41, 5.74) is 2.90. The van der Waals surface area contributed by atoms with E-state index in [-0.39, 0.29) is 5.91 Å². The summed E-state index contributed by atoms with van der Waals surface area (Å²) in [6.07, 6.45) is 0. The van der Waals surface area contributed by atoms with Gasteiger partial charge in [-0.2, -0.15) is 0 Å². The standard InChI is InChI=1S/C14H12BrClN2O/c1-8-7-10(16)3-4-11(8)14(19)18-12-5-6-13(15)17-9(12)2/h3-7H,1-2H3,(H,18,19). The van der Waals surface area contributed by atoms with Crippen molar-refractivity contribution in [2.45, 2.75) is 13.8 Å². The fraction of sp³-hybridized carbons (Fsp3) is 0.143. The maximum atomic E-state index is 12.2. The van der Waals surface area contributed by atoms with Crippen LogP contribution in [-0.2, 0) is 0 Å². The molecule has 0 radical (unpaired) electrons. The molecule has 98 valence electrons. The molecule has 0 spiro atoms. The van der Waals surface area contributed by atoms with E-state index in [0.29, 0.717) is 16.3 Å². The van der Waals surface area contributed by atoms with Crippen LogP contribution in [0.15, 0.2) is 34.9 Å². The number of nitrogens with one attached hydrogen (secondary N) is 1. The number of hydrogen-bond donors (Lipinski definition) is 1. The second kappa shape index (κ2) is 5.72. The van der Waals surface area contributed by atoms with E-state index >= 15 is 0 Å². The van der Waals surface area contributed by atoms with Gasteiger partial charge in [-0.3, -0.25) is 4.79 Å². The van der Waals surface area contributed by atoms with Gasteiger partial charge in [0.25, 0.3) is 5.91 Å². The van der Waals surface area contributed by atoms with Crippen LogP contribution in [-0.4, -0.2) is 10.9 Å². The van der Waals surface area contributed by atoms with Crippen molar-refractivity contribution >= 4 is 39.1 Å². The third-order valence-corrected chi connectivity index (χ3v) is 3.41. The summed E-state index contributed by atoms with van der Waals surface area (Å²) in [6, 6.07) is 8.79. The summed E-state index contributed by atoms with van der Waals surface area (Å²) >= 11 is 9.17. The summed E-state index contributed by atoms with van der Waals surface area (Å²) in [7, 11) is 0. The average molecular weight is 340 g/mol. The van der Waals surface area contributed by atoms with Crippen LogP contribution >= 0.6 is 27.5 Å². The molecule has 19 heavy (non-hydrogen) atoms. The molecule has 0 aliphatic carbocycles. The summed E-state index contributed by atoms with van der Waals surface area (Å²) in [5, 5.41) is 3.47. The van der Waals surface area contributed by atoms with E-state index in [2.05, 4.69) is 26.2 Å². The first kappa shape index (κ1) is 14.0. The molecular weight excluding hydrogens is 328 g/mol. The van der Waals surface area contributed by atoms with Crippen LogP contribution in [0.2, 0.25) is 5.02 Å². The quantitative estimate of drug-likeness (QED) is 0.826. The maximum absolute atomic E-state index is 12.2. The molecule has 0 saturated carbocycles. The molecule has 1 amide bonds. The molecule has 0 aliphatic heterocycles. The normalized spacial score (nSPS) is 10.3. The number of hydrogen-bond acceptors (Lipinski definition) is 2. The number of benzene rings is 1. The van der Waals surface area contributed by atoms with E-state index in [1.165, 1.54) is 0 Å². The van der Waals surface area contributed by atoms with Gasteiger partial charge in [-0.1, -0.05) is 11.6 Å². The Balaban J connectivity index is 2.25. The predicted octanol–water partition coefficient (Wildman–Crippen LogP) is 4.37. The largest absolute Gasteiger partial charge is 0.320 e. The van der Waals surface area contributed by atoms with Gasteiger partial charge < -0.3 is 5.32 Å². The van der Waals surface area contributed by atoms with Crippen LogP contribution in [0.1, 0.15) is 21.6 Å². The molecule has 0 fully saturated rings. The van der Waals surface area contributed by atoms with E-state index in [1.807, 2.05) is 19.9 Å². The molecule has 5 heteroatoms. The molecule has 2 rings (SSSR count). The van der Waals surface area contributed by atoms with Crippen LogP contribution in [0, 0.1) is 13.8 Å². The minimum atomic E-state index is -0.165. The molecule has 0 atom stereocenters. The lowest BCUT2D eigenvalue weighted by atomic mass is 10.1. The van der Waals surface area contributed by atoms with Gasteiger partial charge >= 0.3 is 0 Å². The molecule has 1 aromatic carbocycles. The number of nitrogens with zero attached hydrogens (tertiary/aromatic N) is 1. The average Bonchev–Trinajstić information content (AvgIpc) is 2.32. The minimum Gasteiger partial charge on any atom is -0.320 e. The van der Waals surface area contributed by atoms with Crippen molar-refractivity contribution in [1.82, 2.24) is 4.98 Å². The first-order valence-corrected chi connectivity index (χ1v) is 6.85. The minimum absolute atomic E-state index is 0.165. The fourth-order valence-corrected chi connectivity index (χ4v) is 2.36. The Morgan fingerprint density at radius 2 is 2.00 bits per heavy atom. The molecule has 0 aliphatic rings. The van der Waals surface area contributed by atoms with Gasteiger partial charge in [-0.15, -0.1) is 0 Å². The molecule has 2 aromatic rings. The van der Waals surface area contributed by atoms with Crippen LogP contribution < -0.4 is 5.32 Å². The van der Waals surface area contributed by atoms with Crippen molar-refractivity contribution < 1.29 is 4.79 Å². The van der Waals surface area contributed by atoms with E-state index in [4.69, 9.17) is 11.6 Å². The molecule has 0 saturated heterocycles. The highest BCUT2D eigenvalue weighted by atomic mass is 79.9. The highest BCUT2D eigenvalue weighted by molar-refractivity contribution is 9.10. The second-order valence-corrected chi connectivity index (χ2v) is 5.43. The Kier molecular flexibility index (Phi) is 4.22. The lowest BCUT2D eigenvalue weighted by molar-refractivity contribution is 0.102. The van der Waals surface area contributed by atoms with Gasteiger partial charge in [-0.25, -0.2) is 4.98 Å². The molecule has 1 heterocycles. The summed E-state index contributed by atoms with van der Waals surface area (Å²) in [4.78, 5) is 16.4. The lowest BCUT2D eigenvalue weighted by Gasteiger charge is -2.10. The highest BCUT2D eigenvalue weighted by Gasteiger charge is 2.11. The van der Waals surface area contributed by atoms with Crippen molar-refractivity contribution in [2.75, 3.05) is 5.32 Å². The number of carbonyl (C=O) groups excluding carboxylic acids is 1. The third kappa shape index (κ3) is 3.33. The van der Waals surface area contributed by atoms with Gasteiger partial charge in [0.15, 0.2) is 0 Å². The van der Waals surface area contributed by atoms with Crippen molar-refractivity contribution in [3.05, 3.63) is 56.8 Å². The van der Waals surface area contributed by atoms with Crippen LogP contribution in [0.3, 0.4) is 0 Å². The Labute approximate surface area is 125 Å². The topological polar surface area (TPSA) is 42.0 Å². The van der Waals surface area contributed by atoms with Gasteiger partial charge in [0.1, 0.15) is 4.60 Å². The summed E-state index contributed by atoms with van der Waals surface area (Å²) in [6.45, 7) is 3.70. The number of carbonyl (C=O) groups is 1. The number of amides is 1. The maximum Gasteiger partial charge on any atom is 0.255 e. The van der Waals surface area contributed by atoms with Gasteiger partial charge in [0, 0.05) is 10.6 Å². The van der Waals surface area contributed by atoms with Gasteiger partial charge in [0.05, 0.1) is 11.4 Å². The number of anilines is 1. The second-order valence-electron chi connectivity index (χ2n) is 4.18. The highest BCUT2D eigenvalue weighted by Crippen LogP contribution is 2.19. The lowest BCUT2D eigenvalue weighted by Crippen LogP contribution is -2.14. The fourth-order valence-electron chi connectivity index (χ4n) is 1.73. The molecular formula is C14H12BrClN2O. The Bertz CT molecular complexity index is 643. The molecule has 1 N–H and O–H groups in total. The zero-order valence-electron chi connectivity index (χ0n) is 10.5. The summed E-state index contributed by atoms with van der Waals surface area (Å²) < 4.78 is 0.741. The summed E-state index contributed by atoms with van der Waals surface area (Å²) in [5.74, 6) is -0.165. The van der Waals surface area contributed by atoms with Crippen molar-refractivity contribution in [3.8, 4) is 0 Å². The zero-order valence-corrected chi connectivity index (χ0v) is 12.8. The van der Waals surface area contributed by atoms with Gasteiger partial charge in [-0.05, 0) is 65.7 Å². The molecule has 0 unspecified atom stereocenters. The van der Waals surface area contributed by atoms with E-state index in [9.17, 15) is 4.79 Å². The van der Waals surface area contributed by atoms with E-state index in [1.54, 1.807) is 24.3 Å². The van der Waals surface area contributed by atoms with Crippen molar-refractivity contribution in [1.29, 1.82) is 0 Å². The Morgan fingerprint density at radius 3 is 2.63 bits per heavy atom. The molecule has 1 aromatic heterocycles. The number of aromatic nitrogens is 1. The van der Waals surface area contributed by atoms with E-state index in [0.717, 1.165) is 15.9 Å². The Hall–Kier alpha value is -1.39. The van der Waals surface area contributed by atoms with Crippen LogP contribution in [0.4, 0.5) is 5.69 Å². The smallest absolute Gasteiger partial charge is 0.255 e. The third-order valence-electron chi connectivity index (χ3n) is 2.73. The first-order chi connectivity index (χ1) is 8.97. The molecule has 3 nitrogen and oxygen atoms in total. The monoisotopic (exact) mass is 338 g/mol. The first-order valence-electron chi connectivity index (χ1n) is 5.68. The number of aryl methyl sites for hydroxylation is 2. The SMILES string of the molecule is Cc1cc(Cl)ccc1C(=O)Nc1ccc(Br)nc1C. The predicted molar refractivity (Wildman–Crippen MR) is 80.8 cm³/mol. The van der Waals surface area contributed by atoms with Crippen LogP contribution in [0.25, 0.3) is 0 Å². The van der Waals surface area contributed by atoms with Crippen molar-refractivity contribution in [2.24, 2.45) is 0 Å².